The number of aliphatic hydroxyl groups excluding tert-OH is 1. The number of fused-ring (bicyclic) bond motifs is 1. The minimum absolute atomic E-state index is 0.0183. The number of carbonyl (C=O) groups excluding carboxylic acids is 1. The number of aromatic nitrogens is 4. The molecule has 1 N–H and O–H groups in total. The van der Waals surface area contributed by atoms with Gasteiger partial charge in [0.15, 0.2) is 17.4 Å². The van der Waals surface area contributed by atoms with E-state index in [0.717, 1.165) is 12.8 Å². The van der Waals surface area contributed by atoms with Crippen LogP contribution in [0.2, 0.25) is 0 Å². The van der Waals surface area contributed by atoms with Crippen LogP contribution < -0.4 is 9.64 Å². The second-order valence-electron chi connectivity index (χ2n) is 8.79. The SMILES string of the molecule is COc1cccc(F)c1-c1nccc(C(=O)Cc2cc(F)c3nn(C)cc3c2N2CCC[C@@H]2CO)n1. The minimum Gasteiger partial charge on any atom is -0.496 e. The lowest BCUT2D eigenvalue weighted by Crippen LogP contribution is -2.33. The maximum Gasteiger partial charge on any atom is 0.185 e. The second-order valence-corrected chi connectivity index (χ2v) is 8.79. The number of halogens is 2. The van der Waals surface area contributed by atoms with Gasteiger partial charge in [-0.2, -0.15) is 5.10 Å². The van der Waals surface area contributed by atoms with Crippen molar-refractivity contribution in [1.29, 1.82) is 0 Å². The van der Waals surface area contributed by atoms with E-state index >= 15 is 4.39 Å². The number of hydrogen-bond acceptors (Lipinski definition) is 7. The van der Waals surface area contributed by atoms with Crippen molar-refractivity contribution in [1.82, 2.24) is 19.7 Å². The van der Waals surface area contributed by atoms with Gasteiger partial charge in [-0.05, 0) is 42.7 Å². The molecule has 4 aromatic rings. The maximum absolute atomic E-state index is 15.0. The third kappa shape index (κ3) is 4.17. The van der Waals surface area contributed by atoms with Crippen LogP contribution in [0.4, 0.5) is 14.5 Å². The van der Waals surface area contributed by atoms with E-state index in [0.29, 0.717) is 23.2 Å². The molecule has 0 radical (unpaired) electrons. The molecule has 0 unspecified atom stereocenters. The Morgan fingerprint density at radius 2 is 2.08 bits per heavy atom. The average Bonchev–Trinajstić information content (AvgIpc) is 3.50. The number of aryl methyl sites for hydroxylation is 1. The Hall–Kier alpha value is -3.92. The third-order valence-corrected chi connectivity index (χ3v) is 6.50. The number of anilines is 1. The number of carbonyl (C=O) groups is 1. The summed E-state index contributed by atoms with van der Waals surface area (Å²) in [4.78, 5) is 23.9. The van der Waals surface area contributed by atoms with E-state index in [1.807, 2.05) is 4.90 Å². The Bertz CT molecular complexity index is 1460. The van der Waals surface area contributed by atoms with Crippen LogP contribution in [-0.2, 0) is 13.5 Å². The number of ether oxygens (including phenoxy) is 1. The Morgan fingerprint density at radius 3 is 2.86 bits per heavy atom. The molecule has 186 valence electrons. The molecule has 3 heterocycles. The fourth-order valence-electron chi connectivity index (χ4n) is 4.88. The lowest BCUT2D eigenvalue weighted by molar-refractivity contribution is 0.0988. The van der Waals surface area contributed by atoms with E-state index in [1.165, 1.54) is 42.3 Å². The first kappa shape index (κ1) is 23.8. The van der Waals surface area contributed by atoms with Gasteiger partial charge in [0.2, 0.25) is 0 Å². The van der Waals surface area contributed by atoms with Gasteiger partial charge in [-0.15, -0.1) is 0 Å². The number of benzene rings is 2. The number of ketones is 1. The molecule has 8 nitrogen and oxygen atoms in total. The first-order chi connectivity index (χ1) is 17.4. The lowest BCUT2D eigenvalue weighted by atomic mass is 10.00. The minimum atomic E-state index is -0.575. The summed E-state index contributed by atoms with van der Waals surface area (Å²) >= 11 is 0. The van der Waals surface area contributed by atoms with Crippen LogP contribution in [0.1, 0.15) is 28.9 Å². The molecular weight excluding hydrogens is 468 g/mol. The Morgan fingerprint density at radius 1 is 1.25 bits per heavy atom. The fourth-order valence-corrected chi connectivity index (χ4v) is 4.88. The quantitative estimate of drug-likeness (QED) is 0.393. The first-order valence-electron chi connectivity index (χ1n) is 11.6. The molecule has 5 rings (SSSR count). The summed E-state index contributed by atoms with van der Waals surface area (Å²) in [7, 11) is 3.12. The van der Waals surface area contributed by atoms with Crippen LogP contribution in [0.3, 0.4) is 0 Å². The van der Waals surface area contributed by atoms with Gasteiger partial charge in [0, 0.05) is 37.8 Å². The molecule has 1 aliphatic rings. The summed E-state index contributed by atoms with van der Waals surface area (Å²) in [6.45, 7) is 0.624. The summed E-state index contributed by atoms with van der Waals surface area (Å²) < 4.78 is 36.4. The van der Waals surface area contributed by atoms with Crippen molar-refractivity contribution in [2.45, 2.75) is 25.3 Å². The van der Waals surface area contributed by atoms with Crippen LogP contribution in [0.15, 0.2) is 42.7 Å². The smallest absolute Gasteiger partial charge is 0.185 e. The highest BCUT2D eigenvalue weighted by molar-refractivity contribution is 6.00. The molecule has 10 heteroatoms. The highest BCUT2D eigenvalue weighted by atomic mass is 19.1. The molecule has 0 bridgehead atoms. The number of aliphatic hydroxyl groups is 1. The van der Waals surface area contributed by atoms with E-state index in [9.17, 15) is 14.3 Å². The van der Waals surface area contributed by atoms with Gasteiger partial charge in [-0.3, -0.25) is 9.48 Å². The zero-order chi connectivity index (χ0) is 25.4. The Labute approximate surface area is 206 Å². The topological polar surface area (TPSA) is 93.4 Å². The van der Waals surface area contributed by atoms with Crippen molar-refractivity contribution in [2.24, 2.45) is 7.05 Å². The van der Waals surface area contributed by atoms with Gasteiger partial charge in [-0.25, -0.2) is 18.7 Å². The number of rotatable bonds is 7. The van der Waals surface area contributed by atoms with Crippen molar-refractivity contribution in [3.63, 3.8) is 0 Å². The predicted molar refractivity (Wildman–Crippen MR) is 130 cm³/mol. The summed E-state index contributed by atoms with van der Waals surface area (Å²) in [5.41, 5.74) is 1.50. The Kier molecular flexibility index (Phi) is 6.36. The van der Waals surface area contributed by atoms with Crippen LogP contribution >= 0.6 is 0 Å². The summed E-state index contributed by atoms with van der Waals surface area (Å²) in [5.74, 6) is -1.22. The predicted octanol–water partition coefficient (Wildman–Crippen LogP) is 3.70. The van der Waals surface area contributed by atoms with Crippen molar-refractivity contribution in [3.05, 3.63) is 65.6 Å². The molecule has 1 fully saturated rings. The van der Waals surface area contributed by atoms with Gasteiger partial charge in [0.05, 0.1) is 31.0 Å². The van der Waals surface area contributed by atoms with Gasteiger partial charge in [0.25, 0.3) is 0 Å². The highest BCUT2D eigenvalue weighted by Gasteiger charge is 2.30. The number of hydrogen-bond donors (Lipinski definition) is 1. The summed E-state index contributed by atoms with van der Waals surface area (Å²) in [6, 6.07) is 7.01. The van der Waals surface area contributed by atoms with Crippen LogP contribution in [-0.4, -0.2) is 56.9 Å². The number of nitrogens with zero attached hydrogens (tertiary/aromatic N) is 5. The van der Waals surface area contributed by atoms with E-state index < -0.39 is 11.6 Å². The summed E-state index contributed by atoms with van der Waals surface area (Å²) in [5, 5.41) is 14.7. The molecule has 2 aromatic heterocycles. The summed E-state index contributed by atoms with van der Waals surface area (Å²) in [6.07, 6.45) is 4.63. The molecule has 0 saturated carbocycles. The number of methoxy groups -OCH3 is 1. The normalized spacial score (nSPS) is 15.6. The van der Waals surface area contributed by atoms with E-state index in [1.54, 1.807) is 19.3 Å². The molecule has 36 heavy (non-hydrogen) atoms. The largest absolute Gasteiger partial charge is 0.496 e. The maximum atomic E-state index is 15.0. The van der Waals surface area contributed by atoms with Gasteiger partial charge in [0.1, 0.15) is 22.8 Å². The van der Waals surface area contributed by atoms with Crippen molar-refractivity contribution < 1.29 is 23.4 Å². The van der Waals surface area contributed by atoms with Gasteiger partial charge >= 0.3 is 0 Å². The molecule has 2 aromatic carbocycles. The van der Waals surface area contributed by atoms with Gasteiger partial charge in [-0.1, -0.05) is 6.07 Å². The molecule has 1 atom stereocenters. The van der Waals surface area contributed by atoms with Crippen molar-refractivity contribution in [2.75, 3.05) is 25.2 Å². The lowest BCUT2D eigenvalue weighted by Gasteiger charge is -2.28. The van der Waals surface area contributed by atoms with E-state index in [4.69, 9.17) is 4.74 Å². The Balaban J connectivity index is 1.56. The van der Waals surface area contributed by atoms with Crippen molar-refractivity contribution in [3.8, 4) is 17.1 Å². The van der Waals surface area contributed by atoms with Crippen LogP contribution in [0.25, 0.3) is 22.3 Å². The molecule has 0 amide bonds. The first-order valence-corrected chi connectivity index (χ1v) is 11.6. The highest BCUT2D eigenvalue weighted by Crippen LogP contribution is 2.37. The molecule has 0 spiro atoms. The zero-order valence-electron chi connectivity index (χ0n) is 19.9. The van der Waals surface area contributed by atoms with E-state index in [2.05, 4.69) is 15.1 Å². The average molecular weight is 494 g/mol. The van der Waals surface area contributed by atoms with Crippen LogP contribution in [0.5, 0.6) is 5.75 Å². The monoisotopic (exact) mass is 493 g/mol. The molecular formula is C26H25F2N5O3. The van der Waals surface area contributed by atoms with Gasteiger partial charge < -0.3 is 14.7 Å². The standard InChI is InChI=1S/C26H25F2N5O3/c1-32-13-17-24(31-32)19(28)11-15(25(17)33-10-4-5-16(33)14-34)12-21(35)20-8-9-29-26(30-20)23-18(27)6-3-7-22(23)36-2/h3,6-9,11,13,16,34H,4-5,10,12,14H2,1-2H3/t16-/m1/s1. The molecule has 1 saturated heterocycles. The van der Waals surface area contributed by atoms with Crippen LogP contribution in [0, 0.1) is 11.6 Å². The molecule has 1 aliphatic heterocycles. The number of Topliss-reactive ketones (excluding diaryl/α,β-unsaturated/α-hetero) is 1. The third-order valence-electron chi connectivity index (χ3n) is 6.50. The fraction of sp³-hybridized carbons (Fsp3) is 0.308. The second kappa shape index (κ2) is 9.62. The zero-order valence-corrected chi connectivity index (χ0v) is 19.9. The molecule has 0 aliphatic carbocycles. The van der Waals surface area contributed by atoms with E-state index in [-0.39, 0.29) is 53.2 Å². The van der Waals surface area contributed by atoms with Crippen molar-refractivity contribution >= 4 is 22.4 Å².